The average Bonchev–Trinajstić information content (AvgIpc) is 2.87. The summed E-state index contributed by atoms with van der Waals surface area (Å²) in [6.45, 7) is 4.15. The number of benzene rings is 1. The second-order valence-corrected chi connectivity index (χ2v) is 4.62. The van der Waals surface area contributed by atoms with Crippen LogP contribution in [0.2, 0.25) is 0 Å². The number of carbonyl (C=O) groups excluding carboxylic acids is 1. The molecule has 2 rings (SSSR count). The highest BCUT2D eigenvalue weighted by molar-refractivity contribution is 5.98. The Balaban J connectivity index is 2.23. The molecule has 0 unspecified atom stereocenters. The third kappa shape index (κ3) is 2.89. The molecular formula is C15H20N2O2. The molecule has 2 N–H and O–H groups in total. The summed E-state index contributed by atoms with van der Waals surface area (Å²) in [5.74, 6) is 0.727. The van der Waals surface area contributed by atoms with Gasteiger partial charge in [0.2, 0.25) is 0 Å². The van der Waals surface area contributed by atoms with Crippen molar-refractivity contribution in [2.45, 2.75) is 32.7 Å². The summed E-state index contributed by atoms with van der Waals surface area (Å²) in [5, 5.41) is 4.03. The molecule has 0 radical (unpaired) electrons. The van der Waals surface area contributed by atoms with Crippen LogP contribution >= 0.6 is 0 Å². The van der Waals surface area contributed by atoms with Crippen LogP contribution in [0.15, 0.2) is 24.3 Å². The Morgan fingerprint density at radius 3 is 2.68 bits per heavy atom. The van der Waals surface area contributed by atoms with Crippen LogP contribution in [0, 0.1) is 0 Å². The molecule has 1 amide bonds. The molecule has 0 atom stereocenters. The largest absolute Gasteiger partial charge is 0.497 e. The van der Waals surface area contributed by atoms with E-state index >= 15 is 0 Å². The highest BCUT2D eigenvalue weighted by atomic mass is 16.5. The van der Waals surface area contributed by atoms with Crippen molar-refractivity contribution in [3.63, 3.8) is 0 Å². The lowest BCUT2D eigenvalue weighted by Crippen LogP contribution is -2.33. The van der Waals surface area contributed by atoms with Crippen molar-refractivity contribution in [2.75, 3.05) is 7.11 Å². The van der Waals surface area contributed by atoms with E-state index in [1.165, 1.54) is 0 Å². The maximum Gasteiger partial charge on any atom is 0.267 e. The van der Waals surface area contributed by atoms with Gasteiger partial charge in [-0.05, 0) is 31.0 Å². The number of ether oxygens (including phenoxy) is 1. The molecule has 0 aliphatic rings. The SMILES string of the molecule is CCC(CC)NC(=O)c1cc2ccc(OC)cc2[nH]1. The van der Waals surface area contributed by atoms with Gasteiger partial charge in [-0.15, -0.1) is 0 Å². The monoisotopic (exact) mass is 260 g/mol. The fourth-order valence-corrected chi connectivity index (χ4v) is 2.11. The van der Waals surface area contributed by atoms with Gasteiger partial charge in [-0.3, -0.25) is 4.79 Å². The standard InChI is InChI=1S/C15H20N2O2/c1-4-11(5-2)16-15(18)14-8-10-6-7-12(19-3)9-13(10)17-14/h6-9,11,17H,4-5H2,1-3H3,(H,16,18). The van der Waals surface area contributed by atoms with Gasteiger partial charge in [-0.25, -0.2) is 0 Å². The van der Waals surface area contributed by atoms with Crippen molar-refractivity contribution in [1.82, 2.24) is 10.3 Å². The lowest BCUT2D eigenvalue weighted by molar-refractivity contribution is 0.0930. The Labute approximate surface area is 113 Å². The molecule has 2 aromatic rings. The Bertz CT molecular complexity index is 571. The number of fused-ring (bicyclic) bond motifs is 1. The zero-order valence-electron chi connectivity index (χ0n) is 11.6. The molecule has 0 spiro atoms. The maximum atomic E-state index is 12.1. The van der Waals surface area contributed by atoms with E-state index in [1.54, 1.807) is 7.11 Å². The van der Waals surface area contributed by atoms with E-state index in [9.17, 15) is 4.79 Å². The Morgan fingerprint density at radius 2 is 2.05 bits per heavy atom. The normalized spacial score (nSPS) is 10.9. The van der Waals surface area contributed by atoms with Crippen molar-refractivity contribution >= 4 is 16.8 Å². The number of H-pyrrole nitrogens is 1. The van der Waals surface area contributed by atoms with Crippen molar-refractivity contribution in [2.24, 2.45) is 0 Å². The predicted molar refractivity (Wildman–Crippen MR) is 76.7 cm³/mol. The van der Waals surface area contributed by atoms with Crippen molar-refractivity contribution in [3.8, 4) is 5.75 Å². The van der Waals surface area contributed by atoms with Crippen molar-refractivity contribution in [1.29, 1.82) is 0 Å². The summed E-state index contributed by atoms with van der Waals surface area (Å²) in [4.78, 5) is 15.3. The van der Waals surface area contributed by atoms with Gasteiger partial charge in [0.1, 0.15) is 11.4 Å². The highest BCUT2D eigenvalue weighted by Gasteiger charge is 2.13. The Hall–Kier alpha value is -1.97. The molecule has 0 bridgehead atoms. The summed E-state index contributed by atoms with van der Waals surface area (Å²) < 4.78 is 5.17. The van der Waals surface area contributed by atoms with Gasteiger partial charge in [-0.2, -0.15) is 0 Å². The molecule has 1 heterocycles. The van der Waals surface area contributed by atoms with Crippen LogP contribution in [0.4, 0.5) is 0 Å². The van der Waals surface area contributed by atoms with Gasteiger partial charge in [0.05, 0.1) is 7.11 Å². The quantitative estimate of drug-likeness (QED) is 0.868. The molecular weight excluding hydrogens is 240 g/mol. The van der Waals surface area contributed by atoms with Crippen LogP contribution in [-0.4, -0.2) is 24.0 Å². The van der Waals surface area contributed by atoms with E-state index in [0.29, 0.717) is 5.69 Å². The number of carbonyl (C=O) groups is 1. The number of aromatic nitrogens is 1. The first-order valence-electron chi connectivity index (χ1n) is 6.65. The molecule has 1 aromatic heterocycles. The third-order valence-corrected chi connectivity index (χ3v) is 3.40. The van der Waals surface area contributed by atoms with Gasteiger partial charge in [0, 0.05) is 23.0 Å². The van der Waals surface area contributed by atoms with Crippen LogP contribution in [0.5, 0.6) is 5.75 Å². The zero-order chi connectivity index (χ0) is 13.8. The molecule has 102 valence electrons. The number of methoxy groups -OCH3 is 1. The lowest BCUT2D eigenvalue weighted by atomic mass is 10.1. The smallest absolute Gasteiger partial charge is 0.267 e. The minimum Gasteiger partial charge on any atom is -0.497 e. The van der Waals surface area contributed by atoms with Crippen LogP contribution in [0.3, 0.4) is 0 Å². The topological polar surface area (TPSA) is 54.1 Å². The van der Waals surface area contributed by atoms with E-state index in [0.717, 1.165) is 29.5 Å². The van der Waals surface area contributed by atoms with Crippen molar-refractivity contribution < 1.29 is 9.53 Å². The molecule has 4 heteroatoms. The number of hydrogen-bond donors (Lipinski definition) is 2. The molecule has 0 aliphatic heterocycles. The van der Waals surface area contributed by atoms with Gasteiger partial charge in [0.25, 0.3) is 5.91 Å². The van der Waals surface area contributed by atoms with Crippen LogP contribution in [0.1, 0.15) is 37.2 Å². The van der Waals surface area contributed by atoms with E-state index in [-0.39, 0.29) is 11.9 Å². The van der Waals surface area contributed by atoms with E-state index in [1.807, 2.05) is 24.3 Å². The highest BCUT2D eigenvalue weighted by Crippen LogP contribution is 2.21. The number of rotatable bonds is 5. The molecule has 0 fully saturated rings. The van der Waals surface area contributed by atoms with Gasteiger partial charge >= 0.3 is 0 Å². The fourth-order valence-electron chi connectivity index (χ4n) is 2.11. The van der Waals surface area contributed by atoms with Crippen molar-refractivity contribution in [3.05, 3.63) is 30.0 Å². The number of amides is 1. The Kier molecular flexibility index (Phi) is 4.10. The van der Waals surface area contributed by atoms with E-state index in [2.05, 4.69) is 24.1 Å². The second kappa shape index (κ2) is 5.78. The minimum atomic E-state index is -0.0520. The zero-order valence-corrected chi connectivity index (χ0v) is 11.6. The summed E-state index contributed by atoms with van der Waals surface area (Å²) in [6, 6.07) is 7.82. The summed E-state index contributed by atoms with van der Waals surface area (Å²) >= 11 is 0. The number of hydrogen-bond acceptors (Lipinski definition) is 2. The van der Waals surface area contributed by atoms with E-state index in [4.69, 9.17) is 4.74 Å². The average molecular weight is 260 g/mol. The first kappa shape index (κ1) is 13.5. The Morgan fingerprint density at radius 1 is 1.32 bits per heavy atom. The molecule has 0 saturated heterocycles. The van der Waals surface area contributed by atoms with Gasteiger partial charge < -0.3 is 15.0 Å². The molecule has 19 heavy (non-hydrogen) atoms. The summed E-state index contributed by atoms with van der Waals surface area (Å²) in [6.07, 6.45) is 1.88. The van der Waals surface area contributed by atoms with Crippen LogP contribution in [-0.2, 0) is 0 Å². The number of aromatic amines is 1. The fraction of sp³-hybridized carbons (Fsp3) is 0.400. The predicted octanol–water partition coefficient (Wildman–Crippen LogP) is 3.09. The molecule has 0 aliphatic carbocycles. The summed E-state index contributed by atoms with van der Waals surface area (Å²) in [7, 11) is 1.63. The molecule has 1 aromatic carbocycles. The molecule has 0 saturated carbocycles. The minimum absolute atomic E-state index is 0.0520. The lowest BCUT2D eigenvalue weighted by Gasteiger charge is -2.13. The maximum absolute atomic E-state index is 12.1. The third-order valence-electron chi connectivity index (χ3n) is 3.40. The van der Waals surface area contributed by atoms with Gasteiger partial charge in [-0.1, -0.05) is 13.8 Å². The van der Waals surface area contributed by atoms with E-state index < -0.39 is 0 Å². The second-order valence-electron chi connectivity index (χ2n) is 4.62. The molecule has 4 nitrogen and oxygen atoms in total. The first-order valence-corrected chi connectivity index (χ1v) is 6.65. The number of nitrogens with one attached hydrogen (secondary N) is 2. The van der Waals surface area contributed by atoms with Gasteiger partial charge in [0.15, 0.2) is 0 Å². The van der Waals surface area contributed by atoms with Crippen LogP contribution < -0.4 is 10.1 Å². The van der Waals surface area contributed by atoms with Crippen LogP contribution in [0.25, 0.3) is 10.9 Å². The summed E-state index contributed by atoms with van der Waals surface area (Å²) in [5.41, 5.74) is 1.50. The first-order chi connectivity index (χ1) is 9.17.